The summed E-state index contributed by atoms with van der Waals surface area (Å²) in [5.74, 6) is -0.304. The van der Waals surface area contributed by atoms with Gasteiger partial charge in [0.1, 0.15) is 0 Å². The number of amides is 2. The molecule has 0 heterocycles. The van der Waals surface area contributed by atoms with Gasteiger partial charge < -0.3 is 11.1 Å². The number of rotatable bonds is 5. The zero-order chi connectivity index (χ0) is 16.1. The van der Waals surface area contributed by atoms with Crippen LogP contribution in [0.5, 0.6) is 0 Å². The number of carbonyl (C=O) groups is 2. The van der Waals surface area contributed by atoms with Crippen molar-refractivity contribution in [2.45, 2.75) is 18.7 Å². The highest BCUT2D eigenvalue weighted by Gasteiger charge is 2.11. The number of aryl methyl sites for hydroxylation is 1. The minimum Gasteiger partial charge on any atom is -0.366 e. The molecule has 0 aromatic heterocycles. The molecule has 0 aliphatic carbocycles. The number of benzene rings is 2. The minimum absolute atomic E-state index is 0.115. The maximum Gasteiger partial charge on any atom is 0.249 e. The molecule has 22 heavy (non-hydrogen) atoms. The number of nitrogens with one attached hydrogen (secondary N) is 1. The highest BCUT2D eigenvalue weighted by molar-refractivity contribution is 8.00. The molecular formula is C17H18N2O2S. The molecule has 0 aliphatic rings. The van der Waals surface area contributed by atoms with Gasteiger partial charge in [-0.05, 0) is 43.7 Å². The van der Waals surface area contributed by atoms with Crippen LogP contribution in [0.1, 0.15) is 21.5 Å². The predicted molar refractivity (Wildman–Crippen MR) is 90.2 cm³/mol. The van der Waals surface area contributed by atoms with Crippen LogP contribution < -0.4 is 11.1 Å². The second kappa shape index (κ2) is 7.13. The molecule has 0 fully saturated rings. The molecule has 2 aromatic rings. The van der Waals surface area contributed by atoms with E-state index in [0.29, 0.717) is 22.6 Å². The summed E-state index contributed by atoms with van der Waals surface area (Å²) in [6, 6.07) is 13.1. The average Bonchev–Trinajstić information content (AvgIpc) is 2.48. The number of hydrogen-bond acceptors (Lipinski definition) is 3. The Hall–Kier alpha value is -2.27. The third kappa shape index (κ3) is 4.11. The highest BCUT2D eigenvalue weighted by Crippen LogP contribution is 2.21. The fraction of sp³-hybridized carbons (Fsp3) is 0.176. The molecule has 5 heteroatoms. The summed E-state index contributed by atoms with van der Waals surface area (Å²) in [5.41, 5.74) is 8.21. The maximum absolute atomic E-state index is 12.0. The third-order valence-electron chi connectivity index (χ3n) is 3.26. The van der Waals surface area contributed by atoms with Gasteiger partial charge in [0.15, 0.2) is 0 Å². The van der Waals surface area contributed by atoms with Crippen LogP contribution in [0.2, 0.25) is 0 Å². The van der Waals surface area contributed by atoms with E-state index in [2.05, 4.69) is 5.32 Å². The van der Waals surface area contributed by atoms with Gasteiger partial charge in [0.2, 0.25) is 11.8 Å². The molecule has 2 amide bonds. The summed E-state index contributed by atoms with van der Waals surface area (Å²) in [4.78, 5) is 24.4. The number of primary amides is 1. The smallest absolute Gasteiger partial charge is 0.249 e. The van der Waals surface area contributed by atoms with E-state index in [1.165, 1.54) is 17.3 Å². The first-order valence-corrected chi connectivity index (χ1v) is 7.84. The lowest BCUT2D eigenvalue weighted by molar-refractivity contribution is -0.113. The molecule has 0 saturated carbocycles. The number of thioether (sulfide) groups is 1. The van der Waals surface area contributed by atoms with Crippen LogP contribution in [-0.4, -0.2) is 17.6 Å². The van der Waals surface area contributed by atoms with Gasteiger partial charge in [0.05, 0.1) is 5.75 Å². The van der Waals surface area contributed by atoms with E-state index >= 15 is 0 Å². The van der Waals surface area contributed by atoms with Gasteiger partial charge >= 0.3 is 0 Å². The first-order chi connectivity index (χ1) is 10.5. The Kier molecular flexibility index (Phi) is 5.22. The van der Waals surface area contributed by atoms with Crippen molar-refractivity contribution < 1.29 is 9.59 Å². The Morgan fingerprint density at radius 1 is 1.09 bits per heavy atom. The van der Waals surface area contributed by atoms with E-state index < -0.39 is 5.91 Å². The molecule has 0 unspecified atom stereocenters. The van der Waals surface area contributed by atoms with E-state index in [1.807, 2.05) is 31.2 Å². The summed E-state index contributed by atoms with van der Waals surface area (Å²) in [6.45, 7) is 3.79. The van der Waals surface area contributed by atoms with E-state index in [9.17, 15) is 9.59 Å². The molecule has 3 N–H and O–H groups in total. The molecule has 2 aromatic carbocycles. The third-order valence-corrected chi connectivity index (χ3v) is 4.28. The van der Waals surface area contributed by atoms with E-state index in [-0.39, 0.29) is 5.91 Å². The van der Waals surface area contributed by atoms with Crippen LogP contribution in [0.4, 0.5) is 5.69 Å². The first kappa shape index (κ1) is 16.1. The normalized spacial score (nSPS) is 10.3. The van der Waals surface area contributed by atoms with Crippen molar-refractivity contribution >= 4 is 29.3 Å². The molecule has 4 nitrogen and oxygen atoms in total. The standard InChI is InChI=1S/C17H18N2O2S/c1-11-6-8-13(9-7-11)22-10-16(20)19-15-5-3-4-14(12(15)2)17(18)21/h3-9H,10H2,1-2H3,(H2,18,21)(H,19,20). The number of carbonyl (C=O) groups excluding carboxylic acids is 2. The number of hydrogen-bond donors (Lipinski definition) is 2. The summed E-state index contributed by atoms with van der Waals surface area (Å²) in [5, 5.41) is 2.82. The Morgan fingerprint density at radius 2 is 1.77 bits per heavy atom. The summed E-state index contributed by atoms with van der Waals surface area (Å²) in [6.07, 6.45) is 0. The molecule has 114 valence electrons. The van der Waals surface area contributed by atoms with Crippen LogP contribution in [0.25, 0.3) is 0 Å². The largest absolute Gasteiger partial charge is 0.366 e. The van der Waals surface area contributed by atoms with Crippen molar-refractivity contribution in [2.75, 3.05) is 11.1 Å². The minimum atomic E-state index is -0.498. The van der Waals surface area contributed by atoms with Crippen LogP contribution in [0.15, 0.2) is 47.4 Å². The van der Waals surface area contributed by atoms with Gasteiger partial charge in [-0.3, -0.25) is 9.59 Å². The molecule has 0 bridgehead atoms. The molecule has 0 spiro atoms. The van der Waals surface area contributed by atoms with Crippen LogP contribution in [-0.2, 0) is 4.79 Å². The summed E-state index contributed by atoms with van der Waals surface area (Å²) >= 11 is 1.47. The second-order valence-electron chi connectivity index (χ2n) is 4.99. The van der Waals surface area contributed by atoms with Gasteiger partial charge in [-0.1, -0.05) is 23.8 Å². The van der Waals surface area contributed by atoms with Crippen LogP contribution in [0.3, 0.4) is 0 Å². The van der Waals surface area contributed by atoms with Gasteiger partial charge in [-0.2, -0.15) is 0 Å². The zero-order valence-electron chi connectivity index (χ0n) is 12.6. The van der Waals surface area contributed by atoms with Crippen molar-refractivity contribution in [2.24, 2.45) is 5.73 Å². The first-order valence-electron chi connectivity index (χ1n) is 6.86. The van der Waals surface area contributed by atoms with Crippen LogP contribution in [0, 0.1) is 13.8 Å². The SMILES string of the molecule is Cc1ccc(SCC(=O)Nc2cccc(C(N)=O)c2C)cc1. The summed E-state index contributed by atoms with van der Waals surface area (Å²) in [7, 11) is 0. The molecule has 0 aliphatic heterocycles. The maximum atomic E-state index is 12.0. The average molecular weight is 314 g/mol. The Balaban J connectivity index is 1.99. The van der Waals surface area contributed by atoms with Gasteiger partial charge in [-0.25, -0.2) is 0 Å². The van der Waals surface area contributed by atoms with E-state index in [4.69, 9.17) is 5.73 Å². The molecular weight excluding hydrogens is 296 g/mol. The quantitative estimate of drug-likeness (QED) is 0.833. The zero-order valence-corrected chi connectivity index (χ0v) is 13.4. The van der Waals surface area contributed by atoms with Crippen LogP contribution >= 0.6 is 11.8 Å². The Labute approximate surface area is 134 Å². The van der Waals surface area contributed by atoms with Gasteiger partial charge in [-0.15, -0.1) is 11.8 Å². The lowest BCUT2D eigenvalue weighted by Gasteiger charge is -2.10. The molecule has 2 rings (SSSR count). The number of nitrogens with two attached hydrogens (primary N) is 1. The van der Waals surface area contributed by atoms with Crippen molar-refractivity contribution in [3.8, 4) is 0 Å². The second-order valence-corrected chi connectivity index (χ2v) is 6.04. The lowest BCUT2D eigenvalue weighted by atomic mass is 10.1. The molecule has 0 radical (unpaired) electrons. The van der Waals surface area contributed by atoms with Crippen molar-refractivity contribution in [3.05, 3.63) is 59.2 Å². The monoisotopic (exact) mass is 314 g/mol. The van der Waals surface area contributed by atoms with Crippen molar-refractivity contribution in [3.63, 3.8) is 0 Å². The topological polar surface area (TPSA) is 72.2 Å². The van der Waals surface area contributed by atoms with E-state index in [0.717, 1.165) is 4.90 Å². The lowest BCUT2D eigenvalue weighted by Crippen LogP contribution is -2.17. The number of anilines is 1. The van der Waals surface area contributed by atoms with Gasteiger partial charge in [0.25, 0.3) is 0 Å². The fourth-order valence-electron chi connectivity index (χ4n) is 2.01. The summed E-state index contributed by atoms with van der Waals surface area (Å²) < 4.78 is 0. The van der Waals surface area contributed by atoms with E-state index in [1.54, 1.807) is 25.1 Å². The highest BCUT2D eigenvalue weighted by atomic mass is 32.2. The Bertz CT molecular complexity index is 696. The Morgan fingerprint density at radius 3 is 2.41 bits per heavy atom. The molecule has 0 saturated heterocycles. The predicted octanol–water partition coefficient (Wildman–Crippen LogP) is 3.13. The fourth-order valence-corrected chi connectivity index (χ4v) is 2.71. The van der Waals surface area contributed by atoms with Crippen molar-refractivity contribution in [1.82, 2.24) is 0 Å². The van der Waals surface area contributed by atoms with Crippen molar-refractivity contribution in [1.29, 1.82) is 0 Å². The molecule has 0 atom stereocenters. The van der Waals surface area contributed by atoms with Gasteiger partial charge in [0, 0.05) is 16.1 Å².